The smallest absolute Gasteiger partial charge is 0.343 e. The van der Waals surface area contributed by atoms with E-state index >= 15 is 0 Å². The molecule has 1 aliphatic rings. The molecule has 0 radical (unpaired) electrons. The summed E-state index contributed by atoms with van der Waals surface area (Å²) in [5.41, 5.74) is 9.14. The highest BCUT2D eigenvalue weighted by molar-refractivity contribution is 6.35. The Balaban J connectivity index is 1.32. The van der Waals surface area contributed by atoms with Gasteiger partial charge in [0.2, 0.25) is 5.88 Å². The second-order valence-corrected chi connectivity index (χ2v) is 11.2. The van der Waals surface area contributed by atoms with Crippen LogP contribution < -0.4 is 24.7 Å². The third-order valence-corrected chi connectivity index (χ3v) is 7.28. The Hall–Kier alpha value is -4.64. The molecule has 2 N–H and O–H groups in total. The van der Waals surface area contributed by atoms with Crippen LogP contribution in [-0.4, -0.2) is 12.6 Å². The van der Waals surface area contributed by atoms with Crippen molar-refractivity contribution in [2.24, 2.45) is 11.7 Å². The van der Waals surface area contributed by atoms with E-state index in [-0.39, 0.29) is 23.8 Å². The van der Waals surface area contributed by atoms with Crippen LogP contribution in [0.15, 0.2) is 96.4 Å². The van der Waals surface area contributed by atoms with Crippen LogP contribution in [0.25, 0.3) is 0 Å². The Morgan fingerprint density at radius 3 is 2.28 bits per heavy atom. The van der Waals surface area contributed by atoms with Crippen molar-refractivity contribution in [1.29, 1.82) is 5.26 Å². The average molecular weight is 616 g/mol. The molecule has 0 saturated carbocycles. The Kier molecular flexibility index (Phi) is 9.10. The lowest BCUT2D eigenvalue weighted by Gasteiger charge is -2.26. The van der Waals surface area contributed by atoms with Crippen molar-refractivity contribution in [1.82, 2.24) is 0 Å². The van der Waals surface area contributed by atoms with Crippen molar-refractivity contribution in [2.75, 3.05) is 6.61 Å². The molecule has 5 rings (SSSR count). The number of carbonyl (C=O) groups is 1. The third kappa shape index (κ3) is 7.06. The molecule has 0 saturated heterocycles. The number of hydrogen-bond acceptors (Lipinski definition) is 7. The maximum Gasteiger partial charge on any atom is 0.343 e. The molecule has 4 aromatic carbocycles. The molecule has 0 spiro atoms. The maximum absolute atomic E-state index is 12.8. The molecule has 7 nitrogen and oxygen atoms in total. The lowest BCUT2D eigenvalue weighted by Crippen LogP contribution is -2.21. The highest BCUT2D eigenvalue weighted by atomic mass is 35.5. The summed E-state index contributed by atoms with van der Waals surface area (Å²) in [6.45, 7) is 4.98. The summed E-state index contributed by atoms with van der Waals surface area (Å²) in [5, 5.41) is 11.0. The first-order valence-electron chi connectivity index (χ1n) is 13.5. The molecule has 0 bridgehead atoms. The fourth-order valence-corrected chi connectivity index (χ4v) is 4.98. The summed E-state index contributed by atoms with van der Waals surface area (Å²) in [5.74, 6) is 1.33. The summed E-state index contributed by atoms with van der Waals surface area (Å²) in [4.78, 5) is 12.8. The minimum absolute atomic E-state index is 0.0156. The zero-order valence-electron chi connectivity index (χ0n) is 23.5. The van der Waals surface area contributed by atoms with Gasteiger partial charge in [0.05, 0.1) is 18.1 Å². The van der Waals surface area contributed by atoms with E-state index in [1.807, 2.05) is 30.3 Å². The first kappa shape index (κ1) is 29.8. The minimum atomic E-state index is -0.528. The van der Waals surface area contributed by atoms with Crippen LogP contribution in [0.1, 0.15) is 46.8 Å². The molecule has 0 aromatic heterocycles. The maximum atomic E-state index is 12.8. The van der Waals surface area contributed by atoms with Gasteiger partial charge < -0.3 is 24.7 Å². The highest BCUT2D eigenvalue weighted by Gasteiger charge is 2.31. The normalized spacial score (nSPS) is 14.0. The second-order valence-electron chi connectivity index (χ2n) is 10.3. The van der Waals surface area contributed by atoms with Gasteiger partial charge in [-0.25, -0.2) is 4.79 Å². The Labute approximate surface area is 260 Å². The standard InChI is InChI=1S/C34H28Cl2N2O5/c1-20(2)18-40-25-11-6-22(7-12-25)34(39)42-27-13-14-28-31(16-27)43-33(38)29(17-37)32(28)21-4-9-26(10-5-21)41-19-23-3-8-24(35)15-30(23)36/h3-16,20,32H,18-19,38H2,1-2H3. The lowest BCUT2D eigenvalue weighted by atomic mass is 9.83. The largest absolute Gasteiger partial charge is 0.493 e. The predicted molar refractivity (Wildman–Crippen MR) is 165 cm³/mol. The molecule has 1 heterocycles. The Morgan fingerprint density at radius 2 is 1.60 bits per heavy atom. The zero-order chi connectivity index (χ0) is 30.5. The number of esters is 1. The van der Waals surface area contributed by atoms with Gasteiger partial charge in [-0.2, -0.15) is 5.26 Å². The van der Waals surface area contributed by atoms with Crippen LogP contribution in [0.5, 0.6) is 23.0 Å². The molecule has 4 aromatic rings. The fraction of sp³-hybridized carbons (Fsp3) is 0.176. The molecular weight excluding hydrogens is 587 g/mol. The number of hydrogen-bond donors (Lipinski definition) is 1. The topological polar surface area (TPSA) is 104 Å². The van der Waals surface area contributed by atoms with Gasteiger partial charge in [-0.15, -0.1) is 0 Å². The number of halogens is 2. The first-order valence-corrected chi connectivity index (χ1v) is 14.3. The monoisotopic (exact) mass is 614 g/mol. The highest BCUT2D eigenvalue weighted by Crippen LogP contribution is 2.43. The molecule has 1 atom stereocenters. The number of nitrogens with two attached hydrogens (primary N) is 1. The molecule has 1 unspecified atom stereocenters. The van der Waals surface area contributed by atoms with Crippen molar-refractivity contribution in [3.63, 3.8) is 0 Å². The van der Waals surface area contributed by atoms with Gasteiger partial charge >= 0.3 is 5.97 Å². The van der Waals surface area contributed by atoms with E-state index in [0.29, 0.717) is 50.9 Å². The summed E-state index contributed by atoms with van der Waals surface area (Å²) in [7, 11) is 0. The summed E-state index contributed by atoms with van der Waals surface area (Å²) < 4.78 is 23.0. The Morgan fingerprint density at radius 1 is 0.930 bits per heavy atom. The van der Waals surface area contributed by atoms with Crippen LogP contribution in [0, 0.1) is 17.2 Å². The molecule has 43 heavy (non-hydrogen) atoms. The number of rotatable bonds is 9. The molecule has 0 aliphatic carbocycles. The van der Waals surface area contributed by atoms with E-state index in [2.05, 4.69) is 19.9 Å². The lowest BCUT2D eigenvalue weighted by molar-refractivity contribution is 0.0734. The quantitative estimate of drug-likeness (QED) is 0.150. The Bertz CT molecular complexity index is 1710. The number of nitrogens with zero attached hydrogens (tertiary/aromatic N) is 1. The summed E-state index contributed by atoms with van der Waals surface area (Å²) in [6, 6.07) is 26.6. The number of allylic oxidation sites excluding steroid dienone is 1. The number of nitriles is 1. The molecule has 1 aliphatic heterocycles. The van der Waals surface area contributed by atoms with Gasteiger partial charge in [0.25, 0.3) is 0 Å². The fourth-order valence-electron chi connectivity index (χ4n) is 4.51. The van der Waals surface area contributed by atoms with Crippen LogP contribution in [0.3, 0.4) is 0 Å². The second kappa shape index (κ2) is 13.1. The average Bonchev–Trinajstić information content (AvgIpc) is 2.99. The molecule has 218 valence electrons. The number of benzene rings is 4. The SMILES string of the molecule is CC(C)COc1ccc(C(=O)Oc2ccc3c(c2)OC(N)=C(C#N)C3c2ccc(OCc3ccc(Cl)cc3Cl)cc2)cc1. The van der Waals surface area contributed by atoms with Gasteiger partial charge in [-0.1, -0.05) is 61.3 Å². The van der Waals surface area contributed by atoms with Crippen molar-refractivity contribution < 1.29 is 23.7 Å². The molecular formula is C34H28Cl2N2O5. The van der Waals surface area contributed by atoms with Crippen molar-refractivity contribution >= 4 is 29.2 Å². The van der Waals surface area contributed by atoms with E-state index in [4.69, 9.17) is 47.9 Å². The zero-order valence-corrected chi connectivity index (χ0v) is 25.0. The van der Waals surface area contributed by atoms with Gasteiger partial charge in [-0.3, -0.25) is 0 Å². The molecule has 9 heteroatoms. The third-order valence-electron chi connectivity index (χ3n) is 6.70. The van der Waals surface area contributed by atoms with Crippen molar-refractivity contribution in [2.45, 2.75) is 26.4 Å². The number of carbonyl (C=O) groups excluding carboxylic acids is 1. The predicted octanol–water partition coefficient (Wildman–Crippen LogP) is 8.04. The van der Waals surface area contributed by atoms with Crippen molar-refractivity contribution in [3.8, 4) is 29.1 Å². The molecule has 0 amide bonds. The van der Waals surface area contributed by atoms with Gasteiger partial charge in [0.15, 0.2) is 0 Å². The number of ether oxygens (including phenoxy) is 4. The minimum Gasteiger partial charge on any atom is -0.493 e. The van der Waals surface area contributed by atoms with E-state index in [0.717, 1.165) is 11.1 Å². The van der Waals surface area contributed by atoms with Crippen LogP contribution in [-0.2, 0) is 6.61 Å². The van der Waals surface area contributed by atoms with Crippen LogP contribution in [0.4, 0.5) is 0 Å². The van der Waals surface area contributed by atoms with Gasteiger partial charge in [0.1, 0.15) is 41.2 Å². The van der Waals surface area contributed by atoms with Gasteiger partial charge in [0, 0.05) is 27.2 Å². The van der Waals surface area contributed by atoms with E-state index in [1.54, 1.807) is 54.6 Å². The summed E-state index contributed by atoms with van der Waals surface area (Å²) >= 11 is 12.2. The van der Waals surface area contributed by atoms with Crippen LogP contribution >= 0.6 is 23.2 Å². The summed E-state index contributed by atoms with van der Waals surface area (Å²) in [6.07, 6.45) is 0. The van der Waals surface area contributed by atoms with Gasteiger partial charge in [-0.05, 0) is 66.1 Å². The van der Waals surface area contributed by atoms with E-state index in [9.17, 15) is 10.1 Å². The first-order chi connectivity index (χ1) is 20.7. The number of fused-ring (bicyclic) bond motifs is 1. The van der Waals surface area contributed by atoms with Crippen molar-refractivity contribution in [3.05, 3.63) is 129 Å². The van der Waals surface area contributed by atoms with E-state index in [1.165, 1.54) is 0 Å². The van der Waals surface area contributed by atoms with Crippen LogP contribution in [0.2, 0.25) is 10.0 Å². The molecule has 0 fully saturated rings. The van der Waals surface area contributed by atoms with E-state index < -0.39 is 11.9 Å².